The van der Waals surface area contributed by atoms with Gasteiger partial charge in [-0.05, 0) is 35.1 Å². The highest BCUT2D eigenvalue weighted by atomic mass is 127. The molecule has 0 aromatic heterocycles. The monoisotopic (exact) mass is 316 g/mol. The fourth-order valence-corrected chi connectivity index (χ4v) is 1.61. The number of halogens is 1. The molecule has 0 unspecified atom stereocenters. The SMILES string of the molecule is C=CCCC(=O)OCc1ccccc1I. The van der Waals surface area contributed by atoms with E-state index in [-0.39, 0.29) is 5.97 Å². The van der Waals surface area contributed by atoms with E-state index in [1.54, 1.807) is 6.08 Å². The van der Waals surface area contributed by atoms with Crippen LogP contribution in [0.3, 0.4) is 0 Å². The van der Waals surface area contributed by atoms with Gasteiger partial charge in [-0.1, -0.05) is 24.3 Å². The summed E-state index contributed by atoms with van der Waals surface area (Å²) >= 11 is 2.23. The van der Waals surface area contributed by atoms with E-state index in [0.717, 1.165) is 9.13 Å². The van der Waals surface area contributed by atoms with E-state index < -0.39 is 0 Å². The van der Waals surface area contributed by atoms with Gasteiger partial charge in [0.1, 0.15) is 6.61 Å². The third-order valence-corrected chi connectivity index (χ3v) is 2.95. The van der Waals surface area contributed by atoms with Crippen molar-refractivity contribution in [1.29, 1.82) is 0 Å². The van der Waals surface area contributed by atoms with Crippen LogP contribution in [0.1, 0.15) is 18.4 Å². The first-order valence-electron chi connectivity index (χ1n) is 4.74. The number of allylic oxidation sites excluding steroid dienone is 1. The molecular formula is C12H13IO2. The predicted octanol–water partition coefficient (Wildman–Crippen LogP) is 3.30. The Balaban J connectivity index is 2.40. The van der Waals surface area contributed by atoms with E-state index >= 15 is 0 Å². The molecule has 1 aromatic rings. The van der Waals surface area contributed by atoms with Gasteiger partial charge < -0.3 is 4.74 Å². The molecule has 0 fully saturated rings. The molecular weight excluding hydrogens is 303 g/mol. The van der Waals surface area contributed by atoms with Gasteiger partial charge in [0.15, 0.2) is 0 Å². The third-order valence-electron chi connectivity index (χ3n) is 1.90. The molecule has 0 atom stereocenters. The average Bonchev–Trinajstić information content (AvgIpc) is 2.25. The number of rotatable bonds is 5. The Morgan fingerprint density at radius 1 is 1.47 bits per heavy atom. The summed E-state index contributed by atoms with van der Waals surface area (Å²) in [5, 5.41) is 0. The molecule has 1 aromatic carbocycles. The maximum absolute atomic E-state index is 11.2. The Hall–Kier alpha value is -0.840. The Bertz CT molecular complexity index is 347. The van der Waals surface area contributed by atoms with Gasteiger partial charge in [-0.2, -0.15) is 0 Å². The second kappa shape index (κ2) is 6.61. The Morgan fingerprint density at radius 2 is 2.20 bits per heavy atom. The lowest BCUT2D eigenvalue weighted by atomic mass is 10.2. The lowest BCUT2D eigenvalue weighted by molar-refractivity contribution is -0.144. The van der Waals surface area contributed by atoms with Crippen LogP contribution in [0, 0.1) is 3.57 Å². The fourth-order valence-electron chi connectivity index (χ4n) is 1.07. The summed E-state index contributed by atoms with van der Waals surface area (Å²) in [6.45, 7) is 3.91. The van der Waals surface area contributed by atoms with Crippen LogP contribution in [0.2, 0.25) is 0 Å². The maximum atomic E-state index is 11.2. The van der Waals surface area contributed by atoms with Crippen LogP contribution in [-0.4, -0.2) is 5.97 Å². The summed E-state index contributed by atoms with van der Waals surface area (Å²) in [6.07, 6.45) is 2.80. The highest BCUT2D eigenvalue weighted by Crippen LogP contribution is 2.12. The smallest absolute Gasteiger partial charge is 0.306 e. The van der Waals surface area contributed by atoms with Crippen molar-refractivity contribution in [3.8, 4) is 0 Å². The summed E-state index contributed by atoms with van der Waals surface area (Å²) in [5.74, 6) is -0.172. The fraction of sp³-hybridized carbons (Fsp3) is 0.250. The van der Waals surface area contributed by atoms with Crippen molar-refractivity contribution in [1.82, 2.24) is 0 Å². The zero-order chi connectivity index (χ0) is 11.1. The molecule has 1 rings (SSSR count). The lowest BCUT2D eigenvalue weighted by Crippen LogP contribution is -2.04. The minimum Gasteiger partial charge on any atom is -0.461 e. The van der Waals surface area contributed by atoms with Crippen LogP contribution in [0.4, 0.5) is 0 Å². The number of carbonyl (C=O) groups is 1. The number of ether oxygens (including phenoxy) is 1. The van der Waals surface area contributed by atoms with Gasteiger partial charge in [0.25, 0.3) is 0 Å². The minimum absolute atomic E-state index is 0.172. The van der Waals surface area contributed by atoms with Crippen molar-refractivity contribution in [2.75, 3.05) is 0 Å². The molecule has 0 bridgehead atoms. The van der Waals surface area contributed by atoms with Gasteiger partial charge in [0.05, 0.1) is 0 Å². The molecule has 0 radical (unpaired) electrons. The molecule has 80 valence electrons. The zero-order valence-electron chi connectivity index (χ0n) is 8.41. The van der Waals surface area contributed by atoms with E-state index in [9.17, 15) is 4.79 Å². The lowest BCUT2D eigenvalue weighted by Gasteiger charge is -2.05. The van der Waals surface area contributed by atoms with Crippen molar-refractivity contribution < 1.29 is 9.53 Å². The molecule has 0 saturated carbocycles. The van der Waals surface area contributed by atoms with Gasteiger partial charge in [-0.3, -0.25) is 4.79 Å². The molecule has 0 aliphatic rings. The molecule has 0 spiro atoms. The number of esters is 1. The molecule has 0 aliphatic heterocycles. The highest BCUT2D eigenvalue weighted by Gasteiger charge is 2.03. The van der Waals surface area contributed by atoms with Gasteiger partial charge in [0, 0.05) is 15.6 Å². The summed E-state index contributed by atoms with van der Waals surface area (Å²) in [5.41, 5.74) is 1.05. The quantitative estimate of drug-likeness (QED) is 0.473. The van der Waals surface area contributed by atoms with E-state index in [4.69, 9.17) is 4.74 Å². The second-order valence-electron chi connectivity index (χ2n) is 3.08. The van der Waals surface area contributed by atoms with Crippen molar-refractivity contribution in [3.05, 3.63) is 46.1 Å². The molecule has 15 heavy (non-hydrogen) atoms. The summed E-state index contributed by atoms with van der Waals surface area (Å²) in [6, 6.07) is 7.86. The number of hydrogen-bond donors (Lipinski definition) is 0. The minimum atomic E-state index is -0.172. The number of benzene rings is 1. The Morgan fingerprint density at radius 3 is 2.87 bits per heavy atom. The highest BCUT2D eigenvalue weighted by molar-refractivity contribution is 14.1. The number of carbonyl (C=O) groups excluding carboxylic acids is 1. The maximum Gasteiger partial charge on any atom is 0.306 e. The third kappa shape index (κ3) is 4.46. The van der Waals surface area contributed by atoms with E-state index in [2.05, 4.69) is 29.2 Å². The number of hydrogen-bond acceptors (Lipinski definition) is 2. The summed E-state index contributed by atoms with van der Waals surface area (Å²) < 4.78 is 6.24. The predicted molar refractivity (Wildman–Crippen MR) is 68.4 cm³/mol. The molecule has 0 heterocycles. The first-order valence-corrected chi connectivity index (χ1v) is 5.82. The van der Waals surface area contributed by atoms with E-state index in [1.165, 1.54) is 0 Å². The molecule has 2 nitrogen and oxygen atoms in total. The van der Waals surface area contributed by atoms with Crippen LogP contribution in [-0.2, 0) is 16.1 Å². The normalized spacial score (nSPS) is 9.67. The van der Waals surface area contributed by atoms with Gasteiger partial charge in [-0.25, -0.2) is 0 Å². The molecule has 0 aliphatic carbocycles. The van der Waals surface area contributed by atoms with Crippen molar-refractivity contribution in [3.63, 3.8) is 0 Å². The van der Waals surface area contributed by atoms with Crippen molar-refractivity contribution in [2.24, 2.45) is 0 Å². The largest absolute Gasteiger partial charge is 0.461 e. The van der Waals surface area contributed by atoms with Crippen LogP contribution >= 0.6 is 22.6 Å². The molecule has 3 heteroatoms. The molecule has 0 amide bonds. The van der Waals surface area contributed by atoms with Crippen molar-refractivity contribution >= 4 is 28.6 Å². The first-order chi connectivity index (χ1) is 7.24. The van der Waals surface area contributed by atoms with Crippen LogP contribution in [0.15, 0.2) is 36.9 Å². The van der Waals surface area contributed by atoms with E-state index in [0.29, 0.717) is 19.4 Å². The average molecular weight is 316 g/mol. The van der Waals surface area contributed by atoms with Gasteiger partial charge in [0.2, 0.25) is 0 Å². The Labute approximate surface area is 103 Å². The van der Waals surface area contributed by atoms with Crippen LogP contribution in [0.25, 0.3) is 0 Å². The first kappa shape index (κ1) is 12.2. The van der Waals surface area contributed by atoms with Gasteiger partial charge >= 0.3 is 5.97 Å². The summed E-state index contributed by atoms with van der Waals surface area (Å²) in [7, 11) is 0. The standard InChI is InChI=1S/C12H13IO2/c1-2-3-8-12(14)15-9-10-6-4-5-7-11(10)13/h2,4-7H,1,3,8-9H2. The topological polar surface area (TPSA) is 26.3 Å². The van der Waals surface area contributed by atoms with Crippen LogP contribution in [0.5, 0.6) is 0 Å². The molecule has 0 saturated heterocycles. The second-order valence-corrected chi connectivity index (χ2v) is 4.24. The zero-order valence-corrected chi connectivity index (χ0v) is 10.6. The summed E-state index contributed by atoms with van der Waals surface area (Å²) in [4.78, 5) is 11.2. The van der Waals surface area contributed by atoms with Crippen molar-refractivity contribution in [2.45, 2.75) is 19.4 Å². The van der Waals surface area contributed by atoms with Crippen LogP contribution < -0.4 is 0 Å². The Kier molecular flexibility index (Phi) is 5.39. The molecule has 0 N–H and O–H groups in total. The van der Waals surface area contributed by atoms with E-state index in [1.807, 2.05) is 24.3 Å². The van der Waals surface area contributed by atoms with Gasteiger partial charge in [-0.15, -0.1) is 6.58 Å².